The van der Waals surface area contributed by atoms with Gasteiger partial charge in [0.2, 0.25) is 11.7 Å². The number of carbonyl (C=O) groups excluding carboxylic acids is 1. The molecule has 0 aliphatic carbocycles. The number of thioether (sulfide) groups is 1. The molecule has 1 N–H and O–H groups in total. The van der Waals surface area contributed by atoms with Crippen molar-refractivity contribution < 1.29 is 4.79 Å². The van der Waals surface area contributed by atoms with Gasteiger partial charge in [-0.1, -0.05) is 6.92 Å². The van der Waals surface area contributed by atoms with Crippen LogP contribution in [0, 0.1) is 0 Å². The molecule has 6 nitrogen and oxygen atoms in total. The Morgan fingerprint density at radius 3 is 3.00 bits per heavy atom. The van der Waals surface area contributed by atoms with E-state index in [1.807, 2.05) is 22.9 Å². The summed E-state index contributed by atoms with van der Waals surface area (Å²) in [5, 5.41) is 3.10. The Labute approximate surface area is 147 Å². The molecule has 0 aromatic carbocycles. The molecule has 130 valence electrons. The van der Waals surface area contributed by atoms with E-state index >= 15 is 0 Å². The molecule has 1 fully saturated rings. The highest BCUT2D eigenvalue weighted by atomic mass is 32.2. The van der Waals surface area contributed by atoms with Crippen molar-refractivity contribution in [2.24, 2.45) is 0 Å². The Kier molecular flexibility index (Phi) is 6.09. The number of nitrogens with one attached hydrogen (secondary N) is 1. The average molecular weight is 347 g/mol. The van der Waals surface area contributed by atoms with E-state index in [0.29, 0.717) is 11.5 Å². The molecule has 1 atom stereocenters. The minimum Gasteiger partial charge on any atom is -0.347 e. The van der Waals surface area contributed by atoms with E-state index in [9.17, 15) is 4.79 Å². The molecule has 0 spiro atoms. The number of nitrogens with zero attached hydrogens (tertiary/aromatic N) is 4. The lowest BCUT2D eigenvalue weighted by Gasteiger charge is -2.16. The van der Waals surface area contributed by atoms with Crippen molar-refractivity contribution in [3.05, 3.63) is 30.4 Å². The van der Waals surface area contributed by atoms with Crippen LogP contribution in [0.15, 0.2) is 24.7 Å². The molecule has 2 aromatic rings. The number of likely N-dealkylation sites (tertiary alicyclic amines) is 1. The highest BCUT2D eigenvalue weighted by Gasteiger charge is 2.16. The fourth-order valence-electron chi connectivity index (χ4n) is 3.00. The summed E-state index contributed by atoms with van der Waals surface area (Å²) in [6.07, 6.45) is 9.03. The summed E-state index contributed by atoms with van der Waals surface area (Å²) in [7, 11) is 0. The molecule has 2 aromatic heterocycles. The maximum atomic E-state index is 12.2. The molecular weight excluding hydrogens is 322 g/mol. The highest BCUT2D eigenvalue weighted by Crippen LogP contribution is 2.16. The standard InChI is InChI=1S/C17H25N5OS/c1-2-14(15-12-22-9-5-6-18-17(22)20-15)19-16(23)13-24-11-10-21-7-3-4-8-21/h5-6,9,12,14H,2-4,7-8,10-11,13H2,1H3,(H,19,23). The smallest absolute Gasteiger partial charge is 0.233 e. The van der Waals surface area contributed by atoms with E-state index < -0.39 is 0 Å². The Morgan fingerprint density at radius 2 is 2.25 bits per heavy atom. The lowest BCUT2D eigenvalue weighted by Crippen LogP contribution is -2.30. The van der Waals surface area contributed by atoms with Gasteiger partial charge in [-0.25, -0.2) is 9.97 Å². The molecule has 1 aliphatic rings. The van der Waals surface area contributed by atoms with E-state index in [2.05, 4.69) is 27.1 Å². The van der Waals surface area contributed by atoms with Crippen molar-refractivity contribution in [2.45, 2.75) is 32.2 Å². The number of rotatable bonds is 8. The van der Waals surface area contributed by atoms with Gasteiger partial charge in [0.05, 0.1) is 17.5 Å². The topological polar surface area (TPSA) is 62.5 Å². The van der Waals surface area contributed by atoms with E-state index in [-0.39, 0.29) is 11.9 Å². The lowest BCUT2D eigenvalue weighted by molar-refractivity contribution is -0.119. The molecule has 0 bridgehead atoms. The second-order valence-electron chi connectivity index (χ2n) is 6.12. The summed E-state index contributed by atoms with van der Waals surface area (Å²) in [6, 6.07) is 1.81. The van der Waals surface area contributed by atoms with Crippen LogP contribution in [0.3, 0.4) is 0 Å². The van der Waals surface area contributed by atoms with Crippen LogP contribution in [0.4, 0.5) is 0 Å². The number of fused-ring (bicyclic) bond motifs is 1. The van der Waals surface area contributed by atoms with E-state index in [0.717, 1.165) is 24.4 Å². The molecular formula is C17H25N5OS. The highest BCUT2D eigenvalue weighted by molar-refractivity contribution is 7.99. The molecule has 7 heteroatoms. The van der Waals surface area contributed by atoms with Crippen molar-refractivity contribution in [3.63, 3.8) is 0 Å². The Hall–Kier alpha value is -1.60. The SMILES string of the molecule is CCC(NC(=O)CSCCN1CCCC1)c1cn2cccnc2n1. The monoisotopic (exact) mass is 347 g/mol. The number of aromatic nitrogens is 3. The first-order valence-electron chi connectivity index (χ1n) is 8.65. The fraction of sp³-hybridized carbons (Fsp3) is 0.588. The van der Waals surface area contributed by atoms with Crippen molar-refractivity contribution in [1.29, 1.82) is 0 Å². The number of hydrogen-bond donors (Lipinski definition) is 1. The maximum Gasteiger partial charge on any atom is 0.233 e. The zero-order valence-corrected chi connectivity index (χ0v) is 15.0. The van der Waals surface area contributed by atoms with E-state index in [1.54, 1.807) is 18.0 Å². The van der Waals surface area contributed by atoms with Gasteiger partial charge in [-0.05, 0) is 38.4 Å². The van der Waals surface area contributed by atoms with Crippen molar-refractivity contribution in [3.8, 4) is 0 Å². The number of hydrogen-bond acceptors (Lipinski definition) is 5. The predicted molar refractivity (Wildman–Crippen MR) is 97.2 cm³/mol. The van der Waals surface area contributed by atoms with Crippen LogP contribution in [0.5, 0.6) is 0 Å². The summed E-state index contributed by atoms with van der Waals surface area (Å²) < 4.78 is 1.88. The number of imidazole rings is 1. The van der Waals surface area contributed by atoms with Crippen LogP contribution in [-0.2, 0) is 4.79 Å². The lowest BCUT2D eigenvalue weighted by atomic mass is 10.2. The summed E-state index contributed by atoms with van der Waals surface area (Å²) in [4.78, 5) is 23.4. The van der Waals surface area contributed by atoms with Gasteiger partial charge in [0, 0.05) is 30.9 Å². The Balaban J connectivity index is 1.46. The number of carbonyl (C=O) groups is 1. The van der Waals surface area contributed by atoms with Crippen molar-refractivity contribution >= 4 is 23.4 Å². The Bertz CT molecular complexity index is 635. The van der Waals surface area contributed by atoms with Crippen LogP contribution < -0.4 is 5.32 Å². The summed E-state index contributed by atoms with van der Waals surface area (Å²) >= 11 is 1.71. The average Bonchev–Trinajstić information content (AvgIpc) is 3.25. The summed E-state index contributed by atoms with van der Waals surface area (Å²) in [6.45, 7) is 5.58. The zero-order chi connectivity index (χ0) is 16.8. The first-order valence-corrected chi connectivity index (χ1v) is 9.81. The predicted octanol–water partition coefficient (Wildman–Crippen LogP) is 2.13. The molecule has 1 saturated heterocycles. The van der Waals surface area contributed by atoms with Crippen molar-refractivity contribution in [1.82, 2.24) is 24.6 Å². The fourth-order valence-corrected chi connectivity index (χ4v) is 3.80. The van der Waals surface area contributed by atoms with Crippen LogP contribution in [0.25, 0.3) is 5.78 Å². The van der Waals surface area contributed by atoms with Crippen LogP contribution >= 0.6 is 11.8 Å². The zero-order valence-electron chi connectivity index (χ0n) is 14.1. The maximum absolute atomic E-state index is 12.2. The first-order chi connectivity index (χ1) is 11.8. The van der Waals surface area contributed by atoms with E-state index in [1.165, 1.54) is 25.9 Å². The van der Waals surface area contributed by atoms with Crippen LogP contribution in [0.2, 0.25) is 0 Å². The molecule has 0 saturated carbocycles. The van der Waals surface area contributed by atoms with Gasteiger partial charge in [0.1, 0.15) is 0 Å². The minimum absolute atomic E-state index is 0.0571. The molecule has 3 rings (SSSR count). The number of amides is 1. The second-order valence-corrected chi connectivity index (χ2v) is 7.23. The third-order valence-corrected chi connectivity index (χ3v) is 5.28. The quantitative estimate of drug-likeness (QED) is 0.741. The third-order valence-electron chi connectivity index (χ3n) is 4.34. The summed E-state index contributed by atoms with van der Waals surface area (Å²) in [5.74, 6) is 2.27. The minimum atomic E-state index is -0.0571. The summed E-state index contributed by atoms with van der Waals surface area (Å²) in [5.41, 5.74) is 0.867. The van der Waals surface area contributed by atoms with Gasteiger partial charge in [-0.3, -0.25) is 9.20 Å². The largest absolute Gasteiger partial charge is 0.347 e. The Morgan fingerprint density at radius 1 is 1.42 bits per heavy atom. The second kappa shape index (κ2) is 8.48. The van der Waals surface area contributed by atoms with Crippen LogP contribution in [-0.4, -0.2) is 56.3 Å². The molecule has 1 unspecified atom stereocenters. The van der Waals surface area contributed by atoms with Crippen molar-refractivity contribution in [2.75, 3.05) is 31.1 Å². The molecule has 3 heterocycles. The molecule has 1 amide bonds. The molecule has 24 heavy (non-hydrogen) atoms. The van der Waals surface area contributed by atoms with Gasteiger partial charge in [0.25, 0.3) is 0 Å². The van der Waals surface area contributed by atoms with E-state index in [4.69, 9.17) is 0 Å². The molecule has 1 aliphatic heterocycles. The van der Waals surface area contributed by atoms with Gasteiger partial charge < -0.3 is 10.2 Å². The van der Waals surface area contributed by atoms with Gasteiger partial charge in [-0.15, -0.1) is 0 Å². The van der Waals surface area contributed by atoms with Gasteiger partial charge in [0.15, 0.2) is 0 Å². The first kappa shape index (κ1) is 17.2. The van der Waals surface area contributed by atoms with Crippen LogP contribution in [0.1, 0.15) is 37.9 Å². The normalized spacial score (nSPS) is 16.5. The molecule has 0 radical (unpaired) electrons. The third kappa shape index (κ3) is 4.48. The van der Waals surface area contributed by atoms with Gasteiger partial charge in [-0.2, -0.15) is 11.8 Å². The van der Waals surface area contributed by atoms with Gasteiger partial charge >= 0.3 is 0 Å².